The molecule has 2 N–H and O–H groups in total. The first-order valence-electron chi connectivity index (χ1n) is 4.47. The number of hydrogen-bond donors (Lipinski definition) is 1. The van der Waals surface area contributed by atoms with E-state index in [9.17, 15) is 0 Å². The van der Waals surface area contributed by atoms with Crippen LogP contribution in [0.4, 0.5) is 0 Å². The van der Waals surface area contributed by atoms with Crippen LogP contribution in [-0.2, 0) is 0 Å². The molecular formula is C10H16BrClN2. The van der Waals surface area contributed by atoms with Gasteiger partial charge in [-0.2, -0.15) is 0 Å². The summed E-state index contributed by atoms with van der Waals surface area (Å²) >= 11 is 3.40. The van der Waals surface area contributed by atoms with Gasteiger partial charge in [0.2, 0.25) is 0 Å². The van der Waals surface area contributed by atoms with Crippen LogP contribution < -0.4 is 5.73 Å². The third-order valence-electron chi connectivity index (χ3n) is 1.91. The van der Waals surface area contributed by atoms with E-state index in [-0.39, 0.29) is 18.4 Å². The highest BCUT2D eigenvalue weighted by atomic mass is 79.9. The quantitative estimate of drug-likeness (QED) is 0.862. The van der Waals surface area contributed by atoms with Gasteiger partial charge < -0.3 is 5.73 Å². The molecule has 1 heterocycles. The number of halogens is 2. The summed E-state index contributed by atoms with van der Waals surface area (Å²) in [7, 11) is 0. The maximum Gasteiger partial charge on any atom is 0.110 e. The molecule has 0 unspecified atom stereocenters. The van der Waals surface area contributed by atoms with E-state index in [1.165, 1.54) is 0 Å². The lowest BCUT2D eigenvalue weighted by molar-refractivity contribution is 0.508. The molecule has 1 aromatic heterocycles. The maximum absolute atomic E-state index is 6.03. The standard InChI is InChI=1S/C10H15BrN2.ClH/c1-7(2)6-9(12)8-4-3-5-13-10(8)11;/h3-5,7,9H,6,12H2,1-2H3;1H/t9-;/m0./s1. The average molecular weight is 280 g/mol. The van der Waals surface area contributed by atoms with Gasteiger partial charge in [-0.25, -0.2) is 4.98 Å². The first kappa shape index (κ1) is 13.9. The summed E-state index contributed by atoms with van der Waals surface area (Å²) < 4.78 is 0.864. The number of nitrogens with two attached hydrogens (primary N) is 1. The third kappa shape index (κ3) is 3.95. The van der Waals surface area contributed by atoms with E-state index in [0.717, 1.165) is 16.6 Å². The van der Waals surface area contributed by atoms with Crippen molar-refractivity contribution in [3.63, 3.8) is 0 Å². The van der Waals surface area contributed by atoms with Crippen LogP contribution in [-0.4, -0.2) is 4.98 Å². The number of pyridine rings is 1. The second kappa shape index (κ2) is 6.38. The summed E-state index contributed by atoms with van der Waals surface area (Å²) in [6.45, 7) is 4.34. The van der Waals surface area contributed by atoms with Crippen molar-refractivity contribution in [2.24, 2.45) is 11.7 Å². The van der Waals surface area contributed by atoms with Gasteiger partial charge in [-0.1, -0.05) is 19.9 Å². The maximum atomic E-state index is 6.03. The number of rotatable bonds is 3. The molecule has 2 nitrogen and oxygen atoms in total. The van der Waals surface area contributed by atoms with E-state index < -0.39 is 0 Å². The van der Waals surface area contributed by atoms with Crippen LogP contribution in [0.25, 0.3) is 0 Å². The second-order valence-electron chi connectivity index (χ2n) is 3.62. The Morgan fingerprint density at radius 2 is 2.14 bits per heavy atom. The molecule has 4 heteroatoms. The predicted octanol–water partition coefficient (Wildman–Crippen LogP) is 3.31. The summed E-state index contributed by atoms with van der Waals surface area (Å²) in [6.07, 6.45) is 2.75. The monoisotopic (exact) mass is 278 g/mol. The van der Waals surface area contributed by atoms with E-state index in [4.69, 9.17) is 5.73 Å². The Kier molecular flexibility index (Phi) is 6.33. The second-order valence-corrected chi connectivity index (χ2v) is 4.37. The fourth-order valence-corrected chi connectivity index (χ4v) is 1.85. The molecule has 1 atom stereocenters. The van der Waals surface area contributed by atoms with Crippen LogP contribution in [0.5, 0.6) is 0 Å². The lowest BCUT2D eigenvalue weighted by Gasteiger charge is -2.14. The van der Waals surface area contributed by atoms with Crippen LogP contribution in [0, 0.1) is 5.92 Å². The van der Waals surface area contributed by atoms with Gasteiger partial charge in [-0.15, -0.1) is 12.4 Å². The van der Waals surface area contributed by atoms with Crippen molar-refractivity contribution in [2.45, 2.75) is 26.3 Å². The SMILES string of the molecule is CC(C)C[C@H](N)c1cccnc1Br.Cl. The summed E-state index contributed by atoms with van der Waals surface area (Å²) in [4.78, 5) is 4.14. The van der Waals surface area contributed by atoms with Gasteiger partial charge in [0.05, 0.1) is 0 Å². The Labute approximate surface area is 99.8 Å². The molecule has 0 amide bonds. The summed E-state index contributed by atoms with van der Waals surface area (Å²) in [5, 5.41) is 0. The fraction of sp³-hybridized carbons (Fsp3) is 0.500. The number of aromatic nitrogens is 1. The van der Waals surface area contributed by atoms with Gasteiger partial charge in [-0.3, -0.25) is 0 Å². The molecule has 80 valence electrons. The fourth-order valence-electron chi connectivity index (χ4n) is 1.31. The third-order valence-corrected chi connectivity index (χ3v) is 2.58. The highest BCUT2D eigenvalue weighted by Crippen LogP contribution is 2.23. The van der Waals surface area contributed by atoms with Crippen LogP contribution in [0.2, 0.25) is 0 Å². The van der Waals surface area contributed by atoms with Crippen LogP contribution in [0.3, 0.4) is 0 Å². The molecule has 0 saturated heterocycles. The van der Waals surface area contributed by atoms with E-state index in [1.54, 1.807) is 6.20 Å². The Morgan fingerprint density at radius 3 is 2.64 bits per heavy atom. The molecule has 1 aromatic rings. The minimum Gasteiger partial charge on any atom is -0.324 e. The van der Waals surface area contributed by atoms with E-state index in [0.29, 0.717) is 5.92 Å². The minimum atomic E-state index is 0. The molecule has 0 aliphatic heterocycles. The van der Waals surface area contributed by atoms with Gasteiger partial charge in [-0.05, 0) is 34.3 Å². The minimum absolute atomic E-state index is 0. The summed E-state index contributed by atoms with van der Waals surface area (Å²) in [5.74, 6) is 0.613. The normalized spacial score (nSPS) is 12.4. The van der Waals surface area contributed by atoms with Crippen molar-refractivity contribution in [3.05, 3.63) is 28.5 Å². The predicted molar refractivity (Wildman–Crippen MR) is 65.6 cm³/mol. The highest BCUT2D eigenvalue weighted by molar-refractivity contribution is 9.10. The van der Waals surface area contributed by atoms with Gasteiger partial charge in [0, 0.05) is 17.8 Å². The summed E-state index contributed by atoms with van der Waals surface area (Å²) in [5.41, 5.74) is 7.12. The molecular weight excluding hydrogens is 263 g/mol. The van der Waals surface area contributed by atoms with Crippen molar-refractivity contribution in [3.8, 4) is 0 Å². The Balaban J connectivity index is 0.00000169. The van der Waals surface area contributed by atoms with Gasteiger partial charge in [0.1, 0.15) is 4.60 Å². The van der Waals surface area contributed by atoms with Gasteiger partial charge in [0.25, 0.3) is 0 Å². The van der Waals surface area contributed by atoms with Crippen LogP contribution in [0.15, 0.2) is 22.9 Å². The Bertz CT molecular complexity index is 279. The zero-order valence-electron chi connectivity index (χ0n) is 8.40. The molecule has 0 bridgehead atoms. The van der Waals surface area contributed by atoms with Gasteiger partial charge >= 0.3 is 0 Å². The van der Waals surface area contributed by atoms with E-state index in [2.05, 4.69) is 34.8 Å². The van der Waals surface area contributed by atoms with Crippen molar-refractivity contribution in [1.82, 2.24) is 4.98 Å². The van der Waals surface area contributed by atoms with Crippen LogP contribution in [0.1, 0.15) is 31.9 Å². The smallest absolute Gasteiger partial charge is 0.110 e. The van der Waals surface area contributed by atoms with Crippen molar-refractivity contribution >= 4 is 28.3 Å². The van der Waals surface area contributed by atoms with Crippen molar-refractivity contribution in [1.29, 1.82) is 0 Å². The molecule has 0 aromatic carbocycles. The Hall–Kier alpha value is -0.120. The lowest BCUT2D eigenvalue weighted by Crippen LogP contribution is -2.13. The lowest BCUT2D eigenvalue weighted by atomic mass is 9.99. The number of hydrogen-bond acceptors (Lipinski definition) is 2. The molecule has 0 radical (unpaired) electrons. The van der Waals surface area contributed by atoms with E-state index >= 15 is 0 Å². The first-order chi connectivity index (χ1) is 6.11. The molecule has 0 fully saturated rings. The highest BCUT2D eigenvalue weighted by Gasteiger charge is 2.11. The average Bonchev–Trinajstić information content (AvgIpc) is 2.03. The zero-order chi connectivity index (χ0) is 9.84. The molecule has 0 aliphatic rings. The molecule has 0 saturated carbocycles. The van der Waals surface area contributed by atoms with Crippen molar-refractivity contribution in [2.75, 3.05) is 0 Å². The number of nitrogens with zero attached hydrogens (tertiary/aromatic N) is 1. The molecule has 0 aliphatic carbocycles. The topological polar surface area (TPSA) is 38.9 Å². The van der Waals surface area contributed by atoms with Crippen molar-refractivity contribution < 1.29 is 0 Å². The molecule has 0 spiro atoms. The van der Waals surface area contributed by atoms with E-state index in [1.807, 2.05) is 12.1 Å². The summed E-state index contributed by atoms with van der Waals surface area (Å²) in [6, 6.07) is 4.02. The Morgan fingerprint density at radius 1 is 1.50 bits per heavy atom. The largest absolute Gasteiger partial charge is 0.324 e. The molecule has 14 heavy (non-hydrogen) atoms. The van der Waals surface area contributed by atoms with Crippen LogP contribution >= 0.6 is 28.3 Å². The zero-order valence-corrected chi connectivity index (χ0v) is 10.8. The first-order valence-corrected chi connectivity index (χ1v) is 5.26. The molecule has 1 rings (SSSR count). The van der Waals surface area contributed by atoms with Gasteiger partial charge in [0.15, 0.2) is 0 Å².